The lowest BCUT2D eigenvalue weighted by molar-refractivity contribution is 0.784. The third-order valence-corrected chi connectivity index (χ3v) is 4.30. The number of hydrogen-bond acceptors (Lipinski definition) is 3. The average Bonchev–Trinajstić information content (AvgIpc) is 2.42. The van der Waals surface area contributed by atoms with Gasteiger partial charge in [0.1, 0.15) is 11.6 Å². The highest BCUT2D eigenvalue weighted by Crippen LogP contribution is 2.25. The molecule has 2 aromatic rings. The average molecular weight is 402 g/mol. The van der Waals surface area contributed by atoms with Gasteiger partial charge in [-0.15, -0.1) is 0 Å². The van der Waals surface area contributed by atoms with Gasteiger partial charge in [0.15, 0.2) is 0 Å². The first kappa shape index (κ1) is 15.5. The lowest BCUT2D eigenvalue weighted by Crippen LogP contribution is -2.09. The quantitative estimate of drug-likeness (QED) is 0.767. The van der Waals surface area contributed by atoms with E-state index in [4.69, 9.17) is 16.6 Å². The van der Waals surface area contributed by atoms with E-state index in [1.165, 1.54) is 0 Å². The molecule has 1 heterocycles. The van der Waals surface area contributed by atoms with Crippen LogP contribution in [0, 0.1) is 3.57 Å². The molecule has 0 unspecified atom stereocenters. The fraction of sp³-hybridized carbons (Fsp3) is 0.333. The van der Waals surface area contributed by atoms with Crippen LogP contribution >= 0.6 is 34.2 Å². The molecule has 0 aliphatic carbocycles. The molecule has 0 radical (unpaired) electrons. The molecule has 5 heteroatoms. The second-order valence-corrected chi connectivity index (χ2v) is 6.41. The van der Waals surface area contributed by atoms with Crippen LogP contribution in [0.25, 0.3) is 0 Å². The van der Waals surface area contributed by atoms with Crippen molar-refractivity contribution >= 4 is 40.0 Å². The van der Waals surface area contributed by atoms with E-state index in [9.17, 15) is 0 Å². The molecule has 2 rings (SSSR count). The van der Waals surface area contributed by atoms with E-state index in [2.05, 4.69) is 46.7 Å². The molecule has 1 aromatic carbocycles. The Morgan fingerprint density at radius 1 is 1.20 bits per heavy atom. The van der Waals surface area contributed by atoms with E-state index in [1.807, 2.05) is 31.3 Å². The third-order valence-electron chi connectivity index (χ3n) is 2.98. The molecule has 1 aromatic heterocycles. The lowest BCUT2D eigenvalue weighted by atomic mass is 10.1. The number of nitrogens with one attached hydrogen (secondary N) is 1. The Balaban J connectivity index is 2.36. The van der Waals surface area contributed by atoms with Gasteiger partial charge in [-0.1, -0.05) is 37.6 Å². The monoisotopic (exact) mass is 401 g/mol. The smallest absolute Gasteiger partial charge is 0.143 e. The van der Waals surface area contributed by atoms with E-state index < -0.39 is 0 Å². The van der Waals surface area contributed by atoms with Crippen molar-refractivity contribution in [2.24, 2.45) is 0 Å². The van der Waals surface area contributed by atoms with Gasteiger partial charge in [0.25, 0.3) is 0 Å². The predicted molar refractivity (Wildman–Crippen MR) is 92.6 cm³/mol. The fourth-order valence-electron chi connectivity index (χ4n) is 1.92. The van der Waals surface area contributed by atoms with E-state index in [-0.39, 0.29) is 0 Å². The summed E-state index contributed by atoms with van der Waals surface area (Å²) in [6.45, 7) is 4.30. The molecule has 20 heavy (non-hydrogen) atoms. The Hall–Kier alpha value is -0.880. The van der Waals surface area contributed by atoms with Crippen LogP contribution in [-0.2, 0) is 6.42 Å². The van der Waals surface area contributed by atoms with Crippen molar-refractivity contribution in [3.8, 4) is 0 Å². The molecule has 0 saturated carbocycles. The van der Waals surface area contributed by atoms with Crippen molar-refractivity contribution in [2.45, 2.75) is 26.2 Å². The molecule has 0 aliphatic heterocycles. The first-order valence-corrected chi connectivity index (χ1v) is 7.95. The first-order chi connectivity index (χ1) is 9.51. The van der Waals surface area contributed by atoms with Crippen molar-refractivity contribution in [2.75, 3.05) is 12.4 Å². The fourth-order valence-corrected chi connectivity index (χ4v) is 3.18. The van der Waals surface area contributed by atoms with Crippen LogP contribution in [0.15, 0.2) is 24.3 Å². The minimum Gasteiger partial charge on any atom is -0.372 e. The van der Waals surface area contributed by atoms with Crippen LogP contribution < -0.4 is 5.32 Å². The summed E-state index contributed by atoms with van der Waals surface area (Å²) >= 11 is 8.21. The van der Waals surface area contributed by atoms with Gasteiger partial charge < -0.3 is 5.32 Å². The van der Waals surface area contributed by atoms with Gasteiger partial charge in [-0.2, -0.15) is 0 Å². The second kappa shape index (κ2) is 6.72. The van der Waals surface area contributed by atoms with Gasteiger partial charge in [0.2, 0.25) is 0 Å². The molecule has 3 nitrogen and oxygen atoms in total. The maximum atomic E-state index is 5.91. The topological polar surface area (TPSA) is 37.8 Å². The zero-order valence-corrected chi connectivity index (χ0v) is 14.7. The van der Waals surface area contributed by atoms with Gasteiger partial charge in [-0.25, -0.2) is 9.97 Å². The number of hydrogen-bond donors (Lipinski definition) is 1. The molecule has 0 amide bonds. The molecule has 106 valence electrons. The summed E-state index contributed by atoms with van der Waals surface area (Å²) in [5.41, 5.74) is 2.25. The van der Waals surface area contributed by atoms with Crippen LogP contribution in [0.2, 0.25) is 5.02 Å². The number of rotatable bonds is 4. The largest absolute Gasteiger partial charge is 0.372 e. The third kappa shape index (κ3) is 3.61. The van der Waals surface area contributed by atoms with Crippen molar-refractivity contribution in [3.63, 3.8) is 0 Å². The number of anilines is 1. The minimum atomic E-state index is 0.376. The standard InChI is InChI=1S/C15H17ClIN3/c1-9(2)14-13(17)15(18-3)20-12(19-14)8-10-4-6-11(16)7-5-10/h4-7,9H,8H2,1-3H3,(H,18,19,20). The highest BCUT2D eigenvalue weighted by atomic mass is 127. The molecule has 0 spiro atoms. The number of benzene rings is 1. The van der Waals surface area contributed by atoms with Crippen molar-refractivity contribution < 1.29 is 0 Å². The van der Waals surface area contributed by atoms with E-state index >= 15 is 0 Å². The summed E-state index contributed by atoms with van der Waals surface area (Å²) in [6, 6.07) is 7.81. The molecule has 0 fully saturated rings. The SMILES string of the molecule is CNc1nc(Cc2ccc(Cl)cc2)nc(C(C)C)c1I. The Kier molecular flexibility index (Phi) is 5.21. The molecule has 0 saturated heterocycles. The van der Waals surface area contributed by atoms with Crippen LogP contribution in [-0.4, -0.2) is 17.0 Å². The molecule has 1 N–H and O–H groups in total. The van der Waals surface area contributed by atoms with E-state index in [0.29, 0.717) is 12.3 Å². The normalized spacial score (nSPS) is 10.9. The van der Waals surface area contributed by atoms with Crippen LogP contribution in [0.4, 0.5) is 5.82 Å². The van der Waals surface area contributed by atoms with Gasteiger partial charge in [-0.05, 0) is 46.2 Å². The first-order valence-electron chi connectivity index (χ1n) is 6.49. The zero-order chi connectivity index (χ0) is 14.7. The summed E-state index contributed by atoms with van der Waals surface area (Å²) in [5.74, 6) is 2.11. The van der Waals surface area contributed by atoms with Crippen LogP contribution in [0.1, 0.15) is 36.8 Å². The Morgan fingerprint density at radius 3 is 2.40 bits per heavy atom. The highest BCUT2D eigenvalue weighted by Gasteiger charge is 2.14. The minimum absolute atomic E-state index is 0.376. The predicted octanol–water partition coefficient (Wildman–Crippen LogP) is 4.49. The molecular formula is C15H17ClIN3. The van der Waals surface area contributed by atoms with Crippen LogP contribution in [0.5, 0.6) is 0 Å². The van der Waals surface area contributed by atoms with Gasteiger partial charge >= 0.3 is 0 Å². The maximum Gasteiger partial charge on any atom is 0.143 e. The maximum absolute atomic E-state index is 5.91. The van der Waals surface area contributed by atoms with Crippen molar-refractivity contribution in [3.05, 3.63) is 49.9 Å². The summed E-state index contributed by atoms with van der Waals surface area (Å²) < 4.78 is 1.10. The number of aromatic nitrogens is 2. The van der Waals surface area contributed by atoms with E-state index in [1.54, 1.807) is 0 Å². The van der Waals surface area contributed by atoms with Gasteiger partial charge in [0.05, 0.1) is 9.26 Å². The Bertz CT molecular complexity index is 597. The number of halogens is 2. The second-order valence-electron chi connectivity index (χ2n) is 4.90. The Morgan fingerprint density at radius 2 is 1.85 bits per heavy atom. The lowest BCUT2D eigenvalue weighted by Gasteiger charge is -2.13. The molecule has 0 atom stereocenters. The van der Waals surface area contributed by atoms with Crippen molar-refractivity contribution in [1.29, 1.82) is 0 Å². The summed E-state index contributed by atoms with van der Waals surface area (Å²) in [7, 11) is 1.89. The zero-order valence-electron chi connectivity index (χ0n) is 11.7. The highest BCUT2D eigenvalue weighted by molar-refractivity contribution is 14.1. The Labute approximate surface area is 138 Å². The molecule has 0 bridgehead atoms. The molecular weight excluding hydrogens is 385 g/mol. The van der Waals surface area contributed by atoms with Crippen LogP contribution in [0.3, 0.4) is 0 Å². The summed E-state index contributed by atoms with van der Waals surface area (Å²) in [6.07, 6.45) is 0.711. The number of nitrogens with zero attached hydrogens (tertiary/aromatic N) is 2. The summed E-state index contributed by atoms with van der Waals surface area (Å²) in [5, 5.41) is 3.89. The van der Waals surface area contributed by atoms with Gasteiger partial charge in [0, 0.05) is 18.5 Å². The van der Waals surface area contributed by atoms with E-state index in [0.717, 1.165) is 31.5 Å². The van der Waals surface area contributed by atoms with Crippen molar-refractivity contribution in [1.82, 2.24) is 9.97 Å². The molecule has 0 aliphatic rings. The summed E-state index contributed by atoms with van der Waals surface area (Å²) in [4.78, 5) is 9.30. The van der Waals surface area contributed by atoms with Gasteiger partial charge in [-0.3, -0.25) is 0 Å².